The summed E-state index contributed by atoms with van der Waals surface area (Å²) in [4.78, 5) is 2.28. The van der Waals surface area contributed by atoms with E-state index in [2.05, 4.69) is 29.2 Å². The Balaban J connectivity index is 1.98. The zero-order valence-electron chi connectivity index (χ0n) is 9.06. The quantitative estimate of drug-likeness (QED) is 0.650. The predicted octanol–water partition coefficient (Wildman–Crippen LogP) is 1.66. The number of benzene rings is 1. The van der Waals surface area contributed by atoms with Gasteiger partial charge in [0.05, 0.1) is 0 Å². The first kappa shape index (κ1) is 10.5. The van der Waals surface area contributed by atoms with Gasteiger partial charge in [0.15, 0.2) is 0 Å². The minimum absolute atomic E-state index is 0.0667. The Labute approximate surface area is 91.1 Å². The van der Waals surface area contributed by atoms with Crippen molar-refractivity contribution in [2.75, 3.05) is 31.2 Å². The van der Waals surface area contributed by atoms with Crippen molar-refractivity contribution < 1.29 is 9.31 Å². The molecule has 0 radical (unpaired) electrons. The number of hydrogen-bond donors (Lipinski definition) is 0. The largest absolute Gasteiger partial charge is 0.453 e. The third-order valence-corrected chi connectivity index (χ3v) is 2.55. The zero-order valence-corrected chi connectivity index (χ0v) is 9.06. The van der Waals surface area contributed by atoms with Gasteiger partial charge >= 0.3 is 7.12 Å². The van der Waals surface area contributed by atoms with Crippen LogP contribution in [0.1, 0.15) is 0 Å². The molecule has 1 fully saturated rings. The lowest BCUT2D eigenvalue weighted by molar-refractivity contribution is 0.192. The fourth-order valence-electron chi connectivity index (χ4n) is 1.71. The van der Waals surface area contributed by atoms with E-state index in [1.54, 1.807) is 0 Å². The van der Waals surface area contributed by atoms with Gasteiger partial charge in [-0.1, -0.05) is 18.2 Å². The van der Waals surface area contributed by atoms with Gasteiger partial charge in [-0.2, -0.15) is 0 Å². The average molecular weight is 205 g/mol. The van der Waals surface area contributed by atoms with Crippen LogP contribution in [0, 0.1) is 0 Å². The van der Waals surface area contributed by atoms with Gasteiger partial charge in [-0.05, 0) is 19.0 Å². The van der Waals surface area contributed by atoms with E-state index in [0.29, 0.717) is 0 Å². The van der Waals surface area contributed by atoms with Crippen LogP contribution >= 0.6 is 0 Å². The Morgan fingerprint density at radius 1 is 1.07 bits per heavy atom. The van der Waals surface area contributed by atoms with Gasteiger partial charge in [-0.25, -0.2) is 0 Å². The molecule has 0 spiro atoms. The van der Waals surface area contributed by atoms with E-state index in [4.69, 9.17) is 9.31 Å². The fraction of sp³-hybridized carbons (Fsp3) is 0.455. The van der Waals surface area contributed by atoms with Crippen LogP contribution in [0.15, 0.2) is 30.3 Å². The highest BCUT2D eigenvalue weighted by Crippen LogP contribution is 2.13. The smallest absolute Gasteiger partial charge is 0.409 e. The second-order valence-corrected chi connectivity index (χ2v) is 3.63. The summed E-state index contributed by atoms with van der Waals surface area (Å²) in [5.41, 5.74) is 1.24. The van der Waals surface area contributed by atoms with E-state index in [9.17, 15) is 0 Å². The molecule has 4 heteroatoms. The van der Waals surface area contributed by atoms with Gasteiger partial charge in [-0.3, -0.25) is 0 Å². The summed E-state index contributed by atoms with van der Waals surface area (Å²) < 4.78 is 10.9. The number of anilines is 1. The molecule has 80 valence electrons. The van der Waals surface area contributed by atoms with Crippen molar-refractivity contribution in [2.45, 2.75) is 6.82 Å². The topological polar surface area (TPSA) is 21.7 Å². The van der Waals surface area contributed by atoms with Crippen LogP contribution in [-0.2, 0) is 9.31 Å². The Bertz CT molecular complexity index is 284. The summed E-state index contributed by atoms with van der Waals surface area (Å²) in [6.45, 7) is 5.24. The second kappa shape index (κ2) is 5.19. The molecule has 0 unspecified atom stereocenters. The maximum Gasteiger partial charge on any atom is 0.453 e. The first-order valence-electron chi connectivity index (χ1n) is 5.39. The maximum atomic E-state index is 5.47. The minimum Gasteiger partial charge on any atom is -0.409 e. The third kappa shape index (κ3) is 2.98. The van der Waals surface area contributed by atoms with Crippen molar-refractivity contribution in [1.82, 2.24) is 0 Å². The van der Waals surface area contributed by atoms with Crippen LogP contribution in [0.4, 0.5) is 5.69 Å². The normalized spacial score (nSPS) is 18.5. The monoisotopic (exact) mass is 205 g/mol. The van der Waals surface area contributed by atoms with Crippen LogP contribution in [-0.4, -0.2) is 33.4 Å². The van der Waals surface area contributed by atoms with Gasteiger partial charge in [0, 0.05) is 32.0 Å². The zero-order chi connectivity index (χ0) is 10.5. The van der Waals surface area contributed by atoms with Crippen molar-refractivity contribution >= 4 is 12.8 Å². The van der Waals surface area contributed by atoms with Crippen LogP contribution in [0.5, 0.6) is 0 Å². The lowest BCUT2D eigenvalue weighted by Crippen LogP contribution is -2.37. The van der Waals surface area contributed by atoms with E-state index in [1.807, 2.05) is 12.9 Å². The summed E-state index contributed by atoms with van der Waals surface area (Å²) >= 11 is 0. The molecule has 1 aliphatic heterocycles. The van der Waals surface area contributed by atoms with Gasteiger partial charge in [-0.15, -0.1) is 0 Å². The molecule has 0 aromatic heterocycles. The van der Waals surface area contributed by atoms with E-state index >= 15 is 0 Å². The number of hydrogen-bond acceptors (Lipinski definition) is 3. The third-order valence-electron chi connectivity index (χ3n) is 2.55. The van der Waals surface area contributed by atoms with E-state index in [1.165, 1.54) is 5.69 Å². The number of nitrogens with zero attached hydrogens (tertiary/aromatic N) is 1. The minimum atomic E-state index is -0.0667. The van der Waals surface area contributed by atoms with E-state index < -0.39 is 0 Å². The molecule has 1 aromatic rings. The lowest BCUT2D eigenvalue weighted by atomic mass is 9.95. The highest BCUT2D eigenvalue weighted by atomic mass is 16.6. The van der Waals surface area contributed by atoms with Crippen LogP contribution < -0.4 is 4.90 Å². The summed E-state index contributed by atoms with van der Waals surface area (Å²) in [5, 5.41) is 0. The average Bonchev–Trinajstić information content (AvgIpc) is 2.24. The lowest BCUT2D eigenvalue weighted by Gasteiger charge is -2.28. The van der Waals surface area contributed by atoms with E-state index in [0.717, 1.165) is 26.3 Å². The molecule has 2 rings (SSSR count). The molecule has 1 aliphatic rings. The van der Waals surface area contributed by atoms with E-state index in [-0.39, 0.29) is 7.12 Å². The fourth-order valence-corrected chi connectivity index (χ4v) is 1.71. The first-order valence-corrected chi connectivity index (χ1v) is 5.39. The summed E-state index contributed by atoms with van der Waals surface area (Å²) in [7, 11) is -0.0667. The van der Waals surface area contributed by atoms with Gasteiger partial charge in [0.1, 0.15) is 0 Å². The summed E-state index contributed by atoms with van der Waals surface area (Å²) in [6.07, 6.45) is 0. The number of rotatable bonds is 1. The molecule has 0 amide bonds. The maximum absolute atomic E-state index is 5.47. The molecule has 1 saturated heterocycles. The molecular weight excluding hydrogens is 189 g/mol. The summed E-state index contributed by atoms with van der Waals surface area (Å²) in [5.74, 6) is 0. The second-order valence-electron chi connectivity index (χ2n) is 3.63. The van der Waals surface area contributed by atoms with Crippen LogP contribution in [0.2, 0.25) is 6.82 Å². The Morgan fingerprint density at radius 2 is 1.67 bits per heavy atom. The molecule has 0 saturated carbocycles. The standard InChI is InChI=1S/C11H16BNO2/c1-12-14-9-7-13(8-10-15-12)11-5-3-2-4-6-11/h2-6H,7-10H2,1H3. The van der Waals surface area contributed by atoms with Gasteiger partial charge < -0.3 is 14.2 Å². The summed E-state index contributed by atoms with van der Waals surface area (Å²) in [6, 6.07) is 10.4. The highest BCUT2D eigenvalue weighted by Gasteiger charge is 2.15. The molecule has 15 heavy (non-hydrogen) atoms. The molecule has 1 aromatic carbocycles. The molecule has 0 aliphatic carbocycles. The molecular formula is C11H16BNO2. The Morgan fingerprint density at radius 3 is 2.27 bits per heavy atom. The molecule has 0 atom stereocenters. The predicted molar refractivity (Wildman–Crippen MR) is 62.2 cm³/mol. The number of para-hydroxylation sites is 1. The Kier molecular flexibility index (Phi) is 3.64. The molecule has 0 N–H and O–H groups in total. The molecule has 0 bridgehead atoms. The van der Waals surface area contributed by atoms with Crippen molar-refractivity contribution in [2.24, 2.45) is 0 Å². The van der Waals surface area contributed by atoms with Crippen LogP contribution in [0.25, 0.3) is 0 Å². The Hall–Kier alpha value is -0.995. The molecule has 3 nitrogen and oxygen atoms in total. The first-order chi connectivity index (χ1) is 7.36. The van der Waals surface area contributed by atoms with Crippen LogP contribution in [0.3, 0.4) is 0 Å². The highest BCUT2D eigenvalue weighted by molar-refractivity contribution is 6.42. The van der Waals surface area contributed by atoms with Gasteiger partial charge in [0.2, 0.25) is 0 Å². The SMILES string of the molecule is CB1OCCN(c2ccccc2)CCO1. The van der Waals surface area contributed by atoms with Crippen molar-refractivity contribution in [3.63, 3.8) is 0 Å². The molecule has 1 heterocycles. The van der Waals surface area contributed by atoms with Gasteiger partial charge in [0.25, 0.3) is 0 Å². The van der Waals surface area contributed by atoms with Crippen molar-refractivity contribution in [3.05, 3.63) is 30.3 Å². The van der Waals surface area contributed by atoms with Crippen molar-refractivity contribution in [3.8, 4) is 0 Å². The van der Waals surface area contributed by atoms with Crippen molar-refractivity contribution in [1.29, 1.82) is 0 Å².